The zero-order valence-corrected chi connectivity index (χ0v) is 15.3. The number of hydrogen-bond acceptors (Lipinski definition) is 3. The monoisotopic (exact) mass is 349 g/mol. The van der Waals surface area contributed by atoms with Crippen LogP contribution in [0.1, 0.15) is 26.3 Å². The highest BCUT2D eigenvalue weighted by molar-refractivity contribution is 5.85. The number of halogens is 2. The van der Waals surface area contributed by atoms with E-state index in [1.54, 1.807) is 0 Å². The van der Waals surface area contributed by atoms with Crippen molar-refractivity contribution in [3.63, 3.8) is 0 Å². The molecule has 3 N–H and O–H groups in total. The molecule has 2 atom stereocenters. The van der Waals surface area contributed by atoms with Crippen molar-refractivity contribution in [3.05, 3.63) is 35.9 Å². The van der Waals surface area contributed by atoms with Gasteiger partial charge in [-0.25, -0.2) is 0 Å². The lowest BCUT2D eigenvalue weighted by atomic mass is 10.1. The minimum absolute atomic E-state index is 0. The van der Waals surface area contributed by atoms with Gasteiger partial charge in [0.1, 0.15) is 0 Å². The number of likely N-dealkylation sites (N-methyl/N-ethyl adjacent to an activating group) is 1. The fourth-order valence-electron chi connectivity index (χ4n) is 2.23. The zero-order chi connectivity index (χ0) is 15.0. The first kappa shape index (κ1) is 23.5. The molecular formula is C16H29Cl2N3O. The summed E-state index contributed by atoms with van der Waals surface area (Å²) in [5.41, 5.74) is 7.06. The van der Waals surface area contributed by atoms with Crippen molar-refractivity contribution >= 4 is 30.7 Å². The average molecular weight is 350 g/mol. The van der Waals surface area contributed by atoms with Gasteiger partial charge < -0.3 is 16.0 Å². The molecule has 0 aliphatic rings. The highest BCUT2D eigenvalue weighted by Crippen LogP contribution is 2.02. The lowest BCUT2D eigenvalue weighted by molar-refractivity contribution is -0.123. The van der Waals surface area contributed by atoms with Crippen molar-refractivity contribution in [1.82, 2.24) is 10.2 Å². The molecule has 1 aromatic carbocycles. The van der Waals surface area contributed by atoms with Gasteiger partial charge in [0.05, 0.1) is 6.04 Å². The standard InChI is InChI=1S/C16H27N3O.2ClH/c1-4-19(5-2)12-13(3)18-16(20)15(17)11-14-9-7-6-8-10-14;;/h6-10,13,15H,4-5,11-12,17H2,1-3H3,(H,18,20);2*1H/t13?,15-;;/m0../s1. The second-order valence-corrected chi connectivity index (χ2v) is 5.19. The van der Waals surface area contributed by atoms with Gasteiger partial charge in [-0.15, -0.1) is 24.8 Å². The normalized spacial score (nSPS) is 12.8. The molecule has 128 valence electrons. The number of amides is 1. The predicted molar refractivity (Wildman–Crippen MR) is 98.0 cm³/mol. The lowest BCUT2D eigenvalue weighted by Gasteiger charge is -2.24. The predicted octanol–water partition coefficient (Wildman–Crippen LogP) is 2.25. The van der Waals surface area contributed by atoms with E-state index in [0.717, 1.165) is 25.2 Å². The Morgan fingerprint density at radius 2 is 1.73 bits per heavy atom. The van der Waals surface area contributed by atoms with Gasteiger partial charge >= 0.3 is 0 Å². The number of rotatable bonds is 8. The van der Waals surface area contributed by atoms with Crippen molar-refractivity contribution in [2.75, 3.05) is 19.6 Å². The molecule has 0 aliphatic heterocycles. The minimum Gasteiger partial charge on any atom is -0.351 e. The van der Waals surface area contributed by atoms with E-state index in [9.17, 15) is 4.79 Å². The Bertz CT molecular complexity index is 400. The molecule has 4 nitrogen and oxygen atoms in total. The van der Waals surface area contributed by atoms with Crippen LogP contribution in [0.25, 0.3) is 0 Å². The molecule has 0 saturated heterocycles. The van der Waals surface area contributed by atoms with Gasteiger partial charge in [0, 0.05) is 12.6 Å². The van der Waals surface area contributed by atoms with E-state index in [-0.39, 0.29) is 36.8 Å². The van der Waals surface area contributed by atoms with Gasteiger partial charge in [-0.3, -0.25) is 4.79 Å². The first-order valence-electron chi connectivity index (χ1n) is 7.39. The van der Waals surface area contributed by atoms with Crippen molar-refractivity contribution < 1.29 is 4.79 Å². The van der Waals surface area contributed by atoms with E-state index >= 15 is 0 Å². The maximum Gasteiger partial charge on any atom is 0.237 e. The summed E-state index contributed by atoms with van der Waals surface area (Å²) in [6.45, 7) is 9.11. The van der Waals surface area contributed by atoms with Gasteiger partial charge in [0.15, 0.2) is 0 Å². The average Bonchev–Trinajstić information content (AvgIpc) is 2.45. The summed E-state index contributed by atoms with van der Waals surface area (Å²) in [6.07, 6.45) is 0.574. The highest BCUT2D eigenvalue weighted by Gasteiger charge is 2.17. The molecule has 22 heavy (non-hydrogen) atoms. The Morgan fingerprint density at radius 3 is 2.23 bits per heavy atom. The molecule has 0 bridgehead atoms. The summed E-state index contributed by atoms with van der Waals surface area (Å²) in [4.78, 5) is 14.3. The van der Waals surface area contributed by atoms with Crippen LogP contribution in [0.2, 0.25) is 0 Å². The van der Waals surface area contributed by atoms with Crippen molar-refractivity contribution in [2.45, 2.75) is 39.3 Å². The van der Waals surface area contributed by atoms with Gasteiger partial charge in [0.25, 0.3) is 0 Å². The molecule has 0 spiro atoms. The van der Waals surface area contributed by atoms with Gasteiger partial charge in [-0.2, -0.15) is 0 Å². The fraction of sp³-hybridized carbons (Fsp3) is 0.562. The maximum atomic E-state index is 12.1. The van der Waals surface area contributed by atoms with Crippen LogP contribution in [-0.4, -0.2) is 42.5 Å². The third-order valence-corrected chi connectivity index (χ3v) is 3.45. The quantitative estimate of drug-likeness (QED) is 0.756. The van der Waals surface area contributed by atoms with Crippen LogP contribution in [0, 0.1) is 0 Å². The van der Waals surface area contributed by atoms with Gasteiger partial charge in [-0.1, -0.05) is 44.2 Å². The van der Waals surface area contributed by atoms with E-state index in [0.29, 0.717) is 6.42 Å². The molecular weight excluding hydrogens is 321 g/mol. The Balaban J connectivity index is 0. The van der Waals surface area contributed by atoms with Crippen molar-refractivity contribution in [1.29, 1.82) is 0 Å². The van der Waals surface area contributed by atoms with Crippen molar-refractivity contribution in [3.8, 4) is 0 Å². The zero-order valence-electron chi connectivity index (χ0n) is 13.6. The molecule has 0 fully saturated rings. The number of nitrogens with one attached hydrogen (secondary N) is 1. The Kier molecular flexibility index (Phi) is 13.5. The van der Waals surface area contributed by atoms with Crippen LogP contribution in [0.15, 0.2) is 30.3 Å². The molecule has 6 heteroatoms. The SMILES string of the molecule is CCN(CC)CC(C)NC(=O)[C@@H](N)Cc1ccccc1.Cl.Cl. The number of nitrogens with zero attached hydrogens (tertiary/aromatic N) is 1. The number of carbonyl (C=O) groups is 1. The van der Waals surface area contributed by atoms with E-state index < -0.39 is 6.04 Å². The summed E-state index contributed by atoms with van der Waals surface area (Å²) in [6, 6.07) is 9.49. The van der Waals surface area contributed by atoms with Crippen LogP contribution in [0.5, 0.6) is 0 Å². The Morgan fingerprint density at radius 1 is 1.18 bits per heavy atom. The first-order valence-corrected chi connectivity index (χ1v) is 7.39. The highest BCUT2D eigenvalue weighted by atomic mass is 35.5. The molecule has 0 saturated carbocycles. The number of benzene rings is 1. The second kappa shape index (κ2) is 12.7. The molecule has 1 unspecified atom stereocenters. The van der Waals surface area contributed by atoms with Crippen molar-refractivity contribution in [2.24, 2.45) is 5.73 Å². The maximum absolute atomic E-state index is 12.1. The first-order chi connectivity index (χ1) is 9.56. The van der Waals surface area contributed by atoms with Crippen LogP contribution in [0.4, 0.5) is 0 Å². The van der Waals surface area contributed by atoms with E-state index in [1.807, 2.05) is 37.3 Å². The lowest BCUT2D eigenvalue weighted by Crippen LogP contribution is -2.49. The largest absolute Gasteiger partial charge is 0.351 e. The molecule has 1 aromatic rings. The Hall–Kier alpha value is -0.810. The minimum atomic E-state index is -0.489. The second-order valence-electron chi connectivity index (χ2n) is 5.19. The molecule has 0 heterocycles. The fourth-order valence-corrected chi connectivity index (χ4v) is 2.23. The summed E-state index contributed by atoms with van der Waals surface area (Å²) in [5, 5.41) is 2.99. The number of hydrogen-bond donors (Lipinski definition) is 2. The third-order valence-electron chi connectivity index (χ3n) is 3.45. The third kappa shape index (κ3) is 8.59. The molecule has 1 amide bonds. The topological polar surface area (TPSA) is 58.4 Å². The molecule has 0 aliphatic carbocycles. The van der Waals surface area contributed by atoms with E-state index in [2.05, 4.69) is 24.1 Å². The summed E-state index contributed by atoms with van der Waals surface area (Å²) in [7, 11) is 0. The van der Waals surface area contributed by atoms with Crippen LogP contribution in [0.3, 0.4) is 0 Å². The molecule has 0 radical (unpaired) electrons. The molecule has 1 rings (SSSR count). The molecule has 0 aromatic heterocycles. The van der Waals surface area contributed by atoms with Gasteiger partial charge in [-0.05, 0) is 32.0 Å². The number of nitrogens with two attached hydrogens (primary N) is 1. The Labute approximate surface area is 146 Å². The van der Waals surface area contributed by atoms with E-state index in [4.69, 9.17) is 5.73 Å². The number of carbonyl (C=O) groups excluding carboxylic acids is 1. The smallest absolute Gasteiger partial charge is 0.237 e. The van der Waals surface area contributed by atoms with Gasteiger partial charge in [0.2, 0.25) is 5.91 Å². The van der Waals surface area contributed by atoms with Crippen LogP contribution < -0.4 is 11.1 Å². The summed E-state index contributed by atoms with van der Waals surface area (Å²) < 4.78 is 0. The summed E-state index contributed by atoms with van der Waals surface area (Å²) in [5.74, 6) is -0.0755. The van der Waals surface area contributed by atoms with Crippen LogP contribution >= 0.6 is 24.8 Å². The van der Waals surface area contributed by atoms with E-state index in [1.165, 1.54) is 0 Å². The summed E-state index contributed by atoms with van der Waals surface area (Å²) >= 11 is 0. The van der Waals surface area contributed by atoms with Crippen LogP contribution in [-0.2, 0) is 11.2 Å².